The third kappa shape index (κ3) is 3.45. The summed E-state index contributed by atoms with van der Waals surface area (Å²) in [5, 5.41) is 6.82. The molecule has 0 radical (unpaired) electrons. The molecule has 1 aliphatic rings. The lowest BCUT2D eigenvalue weighted by atomic mass is 10.1. The average molecular weight is 174 g/mol. The Morgan fingerprint density at radius 1 is 1.64 bits per heavy atom. The van der Waals surface area contributed by atoms with Gasteiger partial charge in [-0.2, -0.15) is 11.8 Å². The van der Waals surface area contributed by atoms with Crippen molar-refractivity contribution >= 4 is 11.8 Å². The topological polar surface area (TPSA) is 24.1 Å². The molecule has 0 spiro atoms. The minimum Gasteiger partial charge on any atom is -0.314 e. The molecule has 1 rings (SSSR count). The van der Waals surface area contributed by atoms with Crippen molar-refractivity contribution in [3.8, 4) is 0 Å². The smallest absolute Gasteiger partial charge is 0.0320 e. The first-order valence-corrected chi connectivity index (χ1v) is 5.53. The molecule has 2 N–H and O–H groups in total. The van der Waals surface area contributed by atoms with Crippen LogP contribution in [0.4, 0.5) is 0 Å². The van der Waals surface area contributed by atoms with Crippen molar-refractivity contribution in [2.75, 3.05) is 24.6 Å². The highest BCUT2D eigenvalue weighted by Crippen LogP contribution is 2.03. The van der Waals surface area contributed by atoms with Crippen LogP contribution < -0.4 is 10.6 Å². The van der Waals surface area contributed by atoms with Gasteiger partial charge in [-0.05, 0) is 12.7 Å². The van der Waals surface area contributed by atoms with Gasteiger partial charge in [-0.3, -0.25) is 0 Å². The molecule has 3 heteroatoms. The molecule has 1 atom stereocenters. The molecule has 0 aromatic carbocycles. The van der Waals surface area contributed by atoms with Gasteiger partial charge >= 0.3 is 0 Å². The maximum atomic E-state index is 3.57. The Balaban J connectivity index is 1.95. The van der Waals surface area contributed by atoms with Crippen LogP contribution in [0.15, 0.2) is 0 Å². The van der Waals surface area contributed by atoms with Crippen molar-refractivity contribution in [2.45, 2.75) is 25.9 Å². The van der Waals surface area contributed by atoms with Crippen LogP contribution in [-0.4, -0.2) is 36.7 Å². The van der Waals surface area contributed by atoms with E-state index in [2.05, 4.69) is 24.5 Å². The molecule has 1 unspecified atom stereocenters. The van der Waals surface area contributed by atoms with E-state index in [1.54, 1.807) is 0 Å². The van der Waals surface area contributed by atoms with Gasteiger partial charge in [0.05, 0.1) is 0 Å². The second-order valence-electron chi connectivity index (χ2n) is 3.08. The van der Waals surface area contributed by atoms with Gasteiger partial charge < -0.3 is 10.6 Å². The molecule has 0 aromatic heterocycles. The third-order valence-corrected chi connectivity index (χ3v) is 3.02. The van der Waals surface area contributed by atoms with Gasteiger partial charge in [0.1, 0.15) is 0 Å². The Morgan fingerprint density at radius 2 is 2.36 bits per heavy atom. The first kappa shape index (κ1) is 9.36. The van der Waals surface area contributed by atoms with Gasteiger partial charge in [0, 0.05) is 30.9 Å². The maximum absolute atomic E-state index is 3.57. The Labute approximate surface area is 73.5 Å². The molecular weight excluding hydrogens is 156 g/mol. The highest BCUT2D eigenvalue weighted by Gasteiger charge is 2.17. The second-order valence-corrected chi connectivity index (χ2v) is 4.40. The van der Waals surface area contributed by atoms with Gasteiger partial charge in [-0.1, -0.05) is 6.92 Å². The molecule has 1 fully saturated rings. The molecule has 0 aliphatic carbocycles. The molecule has 2 nitrogen and oxygen atoms in total. The molecule has 1 heterocycles. The first-order valence-electron chi connectivity index (χ1n) is 4.37. The fourth-order valence-electron chi connectivity index (χ4n) is 1.15. The lowest BCUT2D eigenvalue weighted by Gasteiger charge is -2.31. The highest BCUT2D eigenvalue weighted by molar-refractivity contribution is 7.99. The fraction of sp³-hybridized carbons (Fsp3) is 1.00. The zero-order valence-corrected chi connectivity index (χ0v) is 8.21. The summed E-state index contributed by atoms with van der Waals surface area (Å²) in [7, 11) is 0. The van der Waals surface area contributed by atoms with E-state index >= 15 is 0 Å². The minimum absolute atomic E-state index is 0.673. The van der Waals surface area contributed by atoms with Gasteiger partial charge in [0.25, 0.3) is 0 Å². The molecule has 66 valence electrons. The Hall–Kier alpha value is 0.270. The SMILES string of the molecule is CCSCC(C)NC1CNC1. The monoisotopic (exact) mass is 174 g/mol. The van der Waals surface area contributed by atoms with E-state index in [-0.39, 0.29) is 0 Å². The minimum atomic E-state index is 0.673. The molecule has 11 heavy (non-hydrogen) atoms. The summed E-state index contributed by atoms with van der Waals surface area (Å²) < 4.78 is 0. The summed E-state index contributed by atoms with van der Waals surface area (Å²) in [6.45, 7) is 6.78. The van der Waals surface area contributed by atoms with Crippen molar-refractivity contribution < 1.29 is 0 Å². The van der Waals surface area contributed by atoms with Crippen LogP contribution in [0, 0.1) is 0 Å². The zero-order valence-electron chi connectivity index (χ0n) is 7.39. The lowest BCUT2D eigenvalue weighted by Crippen LogP contribution is -2.57. The van der Waals surface area contributed by atoms with Crippen LogP contribution in [0.25, 0.3) is 0 Å². The third-order valence-electron chi connectivity index (χ3n) is 1.87. The first-order chi connectivity index (χ1) is 5.33. The molecule has 0 aromatic rings. The molecule has 0 saturated carbocycles. The summed E-state index contributed by atoms with van der Waals surface area (Å²) in [6.07, 6.45) is 0. The molecular formula is C8H18N2S. The van der Waals surface area contributed by atoms with E-state index in [0.717, 1.165) is 19.1 Å². The molecule has 0 bridgehead atoms. The van der Waals surface area contributed by atoms with Gasteiger partial charge in [-0.25, -0.2) is 0 Å². The normalized spacial score (nSPS) is 21.3. The van der Waals surface area contributed by atoms with Crippen molar-refractivity contribution in [1.82, 2.24) is 10.6 Å². The number of nitrogens with one attached hydrogen (secondary N) is 2. The zero-order chi connectivity index (χ0) is 8.10. The van der Waals surface area contributed by atoms with Crippen LogP contribution >= 0.6 is 11.8 Å². The van der Waals surface area contributed by atoms with E-state index < -0.39 is 0 Å². The maximum Gasteiger partial charge on any atom is 0.0320 e. The quantitative estimate of drug-likeness (QED) is 0.641. The van der Waals surface area contributed by atoms with E-state index in [9.17, 15) is 0 Å². The van der Waals surface area contributed by atoms with E-state index in [4.69, 9.17) is 0 Å². The molecule has 1 aliphatic heterocycles. The lowest BCUT2D eigenvalue weighted by molar-refractivity contribution is 0.345. The summed E-state index contributed by atoms with van der Waals surface area (Å²) in [6, 6.07) is 1.41. The highest BCUT2D eigenvalue weighted by atomic mass is 32.2. The van der Waals surface area contributed by atoms with Crippen molar-refractivity contribution in [3.05, 3.63) is 0 Å². The van der Waals surface area contributed by atoms with Crippen molar-refractivity contribution in [1.29, 1.82) is 0 Å². The van der Waals surface area contributed by atoms with Gasteiger partial charge in [0.15, 0.2) is 0 Å². The number of rotatable bonds is 5. The number of hydrogen-bond donors (Lipinski definition) is 2. The standard InChI is InChI=1S/C8H18N2S/c1-3-11-6-7(2)10-8-4-9-5-8/h7-10H,3-6H2,1-2H3. The summed E-state index contributed by atoms with van der Waals surface area (Å²) in [5.41, 5.74) is 0. The summed E-state index contributed by atoms with van der Waals surface area (Å²) in [4.78, 5) is 0. The van der Waals surface area contributed by atoms with E-state index in [1.165, 1.54) is 11.5 Å². The Bertz CT molecular complexity index is 104. The van der Waals surface area contributed by atoms with Gasteiger partial charge in [0.2, 0.25) is 0 Å². The van der Waals surface area contributed by atoms with Crippen LogP contribution in [0.5, 0.6) is 0 Å². The van der Waals surface area contributed by atoms with Crippen LogP contribution in [-0.2, 0) is 0 Å². The summed E-state index contributed by atoms with van der Waals surface area (Å²) in [5.74, 6) is 2.47. The molecule has 1 saturated heterocycles. The van der Waals surface area contributed by atoms with Gasteiger partial charge in [-0.15, -0.1) is 0 Å². The fourth-order valence-corrected chi connectivity index (χ4v) is 1.84. The van der Waals surface area contributed by atoms with Crippen molar-refractivity contribution in [3.63, 3.8) is 0 Å². The molecule has 0 amide bonds. The largest absolute Gasteiger partial charge is 0.314 e. The van der Waals surface area contributed by atoms with E-state index in [1.807, 2.05) is 11.8 Å². The number of thioether (sulfide) groups is 1. The Morgan fingerprint density at radius 3 is 2.82 bits per heavy atom. The van der Waals surface area contributed by atoms with E-state index in [0.29, 0.717) is 6.04 Å². The van der Waals surface area contributed by atoms with Crippen LogP contribution in [0.1, 0.15) is 13.8 Å². The average Bonchev–Trinajstić information content (AvgIpc) is 1.93. The predicted octanol–water partition coefficient (Wildman–Crippen LogP) is 0.689. The van der Waals surface area contributed by atoms with Crippen molar-refractivity contribution in [2.24, 2.45) is 0 Å². The number of hydrogen-bond acceptors (Lipinski definition) is 3. The Kier molecular flexibility index (Phi) is 4.26. The second kappa shape index (κ2) is 5.01. The summed E-state index contributed by atoms with van der Waals surface area (Å²) >= 11 is 2.01. The van der Waals surface area contributed by atoms with Crippen LogP contribution in [0.2, 0.25) is 0 Å². The predicted molar refractivity (Wildman–Crippen MR) is 52.3 cm³/mol. The van der Waals surface area contributed by atoms with Crippen LogP contribution in [0.3, 0.4) is 0 Å².